The van der Waals surface area contributed by atoms with Gasteiger partial charge >= 0.3 is 5.51 Å². The van der Waals surface area contributed by atoms with Gasteiger partial charge in [-0.3, -0.25) is 0 Å². The average Bonchev–Trinajstić information content (AvgIpc) is 2.41. The third kappa shape index (κ3) is 2.81. The van der Waals surface area contributed by atoms with E-state index in [1.165, 1.54) is 0 Å². The Balaban J connectivity index is 2.20. The van der Waals surface area contributed by atoms with Crippen LogP contribution in [0.2, 0.25) is 0 Å². The van der Waals surface area contributed by atoms with Gasteiger partial charge in [0, 0.05) is 25.6 Å². The van der Waals surface area contributed by atoms with E-state index in [-0.39, 0.29) is 17.5 Å². The highest BCUT2D eigenvalue weighted by molar-refractivity contribution is 7.99. The fraction of sp³-hybridized carbons (Fsp3) is 0.429. The molecular weight excluding hydrogens is 287 g/mol. The Morgan fingerprint density at radius 1 is 1.45 bits per heavy atom. The topological polar surface area (TPSA) is 12.5 Å². The van der Waals surface area contributed by atoms with Crippen LogP contribution >= 0.6 is 11.8 Å². The highest BCUT2D eigenvalue weighted by Crippen LogP contribution is 2.43. The molecule has 6 heteroatoms. The molecule has 1 aliphatic rings. The van der Waals surface area contributed by atoms with E-state index in [1.54, 1.807) is 25.3 Å². The number of benzene rings is 1. The van der Waals surface area contributed by atoms with E-state index in [2.05, 4.69) is 6.58 Å². The maximum absolute atomic E-state index is 12.3. The molecule has 1 saturated heterocycles. The Morgan fingerprint density at radius 2 is 2.15 bits per heavy atom. The number of alkyl halides is 3. The minimum atomic E-state index is -4.21. The van der Waals surface area contributed by atoms with Gasteiger partial charge in [0.15, 0.2) is 0 Å². The Labute approximate surface area is 120 Å². The molecule has 1 heterocycles. The van der Waals surface area contributed by atoms with Crippen LogP contribution in [-0.4, -0.2) is 31.1 Å². The summed E-state index contributed by atoms with van der Waals surface area (Å²) in [6.07, 6.45) is 0. The summed E-state index contributed by atoms with van der Waals surface area (Å²) in [4.78, 5) is 1.96. The molecule has 0 radical (unpaired) electrons. The van der Waals surface area contributed by atoms with Crippen LogP contribution in [0.3, 0.4) is 0 Å². The van der Waals surface area contributed by atoms with Crippen LogP contribution in [0, 0.1) is 0 Å². The van der Waals surface area contributed by atoms with Crippen molar-refractivity contribution in [1.29, 1.82) is 0 Å². The lowest BCUT2D eigenvalue weighted by Gasteiger charge is -2.50. The first-order valence-corrected chi connectivity index (χ1v) is 7.03. The molecule has 1 aromatic rings. The molecule has 0 amide bonds. The van der Waals surface area contributed by atoms with Crippen LogP contribution in [-0.2, 0) is 16.1 Å². The second-order valence-corrected chi connectivity index (χ2v) is 5.81. The van der Waals surface area contributed by atoms with Gasteiger partial charge < -0.3 is 9.64 Å². The van der Waals surface area contributed by atoms with Gasteiger partial charge in [0.2, 0.25) is 0 Å². The van der Waals surface area contributed by atoms with Gasteiger partial charge in [-0.15, -0.1) is 0 Å². The first kappa shape index (κ1) is 15.3. The van der Waals surface area contributed by atoms with Gasteiger partial charge in [0.05, 0.1) is 6.54 Å². The van der Waals surface area contributed by atoms with Gasteiger partial charge in [-0.05, 0) is 22.9 Å². The molecular formula is C14H16F3NOS. The predicted octanol–water partition coefficient (Wildman–Crippen LogP) is 3.74. The number of ether oxygens (including phenoxy) is 1. The summed E-state index contributed by atoms with van der Waals surface area (Å²) in [6, 6.07) is 7.08. The van der Waals surface area contributed by atoms with Crippen LogP contribution in [0.25, 0.3) is 0 Å². The SMILES string of the molecule is C=C1N(C)CC1(OC)c1cccc(CSC(F)(F)F)c1. The fourth-order valence-electron chi connectivity index (χ4n) is 2.37. The fourth-order valence-corrected chi connectivity index (χ4v) is 2.88. The maximum Gasteiger partial charge on any atom is 0.442 e. The normalized spacial score (nSPS) is 22.9. The zero-order valence-corrected chi connectivity index (χ0v) is 12.1. The van der Waals surface area contributed by atoms with Crippen LogP contribution in [0.1, 0.15) is 11.1 Å². The molecule has 2 rings (SSSR count). The number of hydrogen-bond acceptors (Lipinski definition) is 3. The molecule has 110 valence electrons. The summed E-state index contributed by atoms with van der Waals surface area (Å²) >= 11 is -0.0331. The third-order valence-corrected chi connectivity index (χ3v) is 4.34. The first-order chi connectivity index (χ1) is 9.28. The lowest BCUT2D eigenvalue weighted by Crippen LogP contribution is -2.55. The highest BCUT2D eigenvalue weighted by atomic mass is 32.2. The standard InChI is InChI=1S/C14H16F3NOS/c1-10-13(19-3,9-18(10)2)12-6-4-5-11(7-12)8-20-14(15,16)17/h4-7H,1,8-9H2,2-3H3. The lowest BCUT2D eigenvalue weighted by molar-refractivity contribution is -0.0739. The van der Waals surface area contributed by atoms with Gasteiger partial charge in [0.25, 0.3) is 0 Å². The summed E-state index contributed by atoms with van der Waals surface area (Å²) < 4.78 is 42.3. The molecule has 1 fully saturated rings. The molecule has 0 saturated carbocycles. The van der Waals surface area contributed by atoms with E-state index in [0.717, 1.165) is 11.3 Å². The summed E-state index contributed by atoms with van der Waals surface area (Å²) in [7, 11) is 3.50. The zero-order chi connectivity index (χ0) is 15.0. The second-order valence-electron chi connectivity index (χ2n) is 4.77. The summed E-state index contributed by atoms with van der Waals surface area (Å²) in [6.45, 7) is 4.62. The van der Waals surface area contributed by atoms with Crippen molar-refractivity contribution in [1.82, 2.24) is 4.90 Å². The molecule has 0 spiro atoms. The largest absolute Gasteiger partial charge is 0.442 e. The van der Waals surface area contributed by atoms with Crippen molar-refractivity contribution in [2.75, 3.05) is 20.7 Å². The van der Waals surface area contributed by atoms with E-state index in [0.29, 0.717) is 12.1 Å². The van der Waals surface area contributed by atoms with Crippen LogP contribution in [0.4, 0.5) is 13.2 Å². The molecule has 0 aromatic heterocycles. The third-order valence-electron chi connectivity index (χ3n) is 3.53. The number of nitrogens with zero attached hydrogens (tertiary/aromatic N) is 1. The van der Waals surface area contributed by atoms with Crippen molar-refractivity contribution in [3.05, 3.63) is 47.7 Å². The van der Waals surface area contributed by atoms with E-state index >= 15 is 0 Å². The van der Waals surface area contributed by atoms with E-state index in [9.17, 15) is 13.2 Å². The minimum absolute atomic E-state index is 0.0331. The van der Waals surface area contributed by atoms with Gasteiger partial charge in [-0.1, -0.05) is 30.8 Å². The summed E-state index contributed by atoms with van der Waals surface area (Å²) in [5.41, 5.74) is -2.52. The second kappa shape index (κ2) is 5.33. The number of halogens is 3. The number of methoxy groups -OCH3 is 1. The van der Waals surface area contributed by atoms with Crippen molar-refractivity contribution in [2.24, 2.45) is 0 Å². The smallest absolute Gasteiger partial charge is 0.372 e. The minimum Gasteiger partial charge on any atom is -0.372 e. The Hall–Kier alpha value is -1.14. The quantitative estimate of drug-likeness (QED) is 0.841. The first-order valence-electron chi connectivity index (χ1n) is 6.04. The number of thioether (sulfide) groups is 1. The molecule has 0 bridgehead atoms. The highest BCUT2D eigenvalue weighted by Gasteiger charge is 2.47. The molecule has 2 nitrogen and oxygen atoms in total. The molecule has 1 unspecified atom stereocenters. The molecule has 20 heavy (non-hydrogen) atoms. The number of rotatable bonds is 4. The van der Waals surface area contributed by atoms with E-state index in [1.807, 2.05) is 18.0 Å². The maximum atomic E-state index is 12.3. The number of likely N-dealkylation sites (tertiary alicyclic amines) is 1. The van der Waals surface area contributed by atoms with Crippen LogP contribution in [0.15, 0.2) is 36.5 Å². The predicted molar refractivity (Wildman–Crippen MR) is 74.2 cm³/mol. The number of likely N-dealkylation sites (N-methyl/N-ethyl adjacent to an activating group) is 1. The van der Waals surface area contributed by atoms with Crippen LogP contribution < -0.4 is 0 Å². The van der Waals surface area contributed by atoms with Crippen molar-refractivity contribution in [2.45, 2.75) is 16.9 Å². The molecule has 1 aliphatic heterocycles. The lowest BCUT2D eigenvalue weighted by atomic mass is 9.82. The Kier molecular flexibility index (Phi) is 4.07. The molecule has 1 atom stereocenters. The molecule has 1 aromatic carbocycles. The van der Waals surface area contributed by atoms with Crippen molar-refractivity contribution >= 4 is 11.8 Å². The van der Waals surface area contributed by atoms with E-state index in [4.69, 9.17) is 4.74 Å². The van der Waals surface area contributed by atoms with Gasteiger partial charge in [-0.25, -0.2) is 0 Å². The van der Waals surface area contributed by atoms with Gasteiger partial charge in [-0.2, -0.15) is 13.2 Å². The van der Waals surface area contributed by atoms with Crippen molar-refractivity contribution in [3.63, 3.8) is 0 Å². The zero-order valence-electron chi connectivity index (χ0n) is 11.3. The number of hydrogen-bond donors (Lipinski definition) is 0. The van der Waals surface area contributed by atoms with E-state index < -0.39 is 11.1 Å². The Bertz CT molecular complexity index is 517. The molecule has 0 aliphatic carbocycles. The van der Waals surface area contributed by atoms with Crippen molar-refractivity contribution < 1.29 is 17.9 Å². The monoisotopic (exact) mass is 303 g/mol. The van der Waals surface area contributed by atoms with Gasteiger partial charge in [0.1, 0.15) is 5.60 Å². The summed E-state index contributed by atoms with van der Waals surface area (Å²) in [5, 5.41) is 0. The molecule has 0 N–H and O–H groups in total. The van der Waals surface area contributed by atoms with Crippen molar-refractivity contribution in [3.8, 4) is 0 Å². The Morgan fingerprint density at radius 3 is 2.65 bits per heavy atom. The average molecular weight is 303 g/mol. The van der Waals surface area contributed by atoms with Crippen LogP contribution in [0.5, 0.6) is 0 Å². The summed E-state index contributed by atoms with van der Waals surface area (Å²) in [5.74, 6) is -0.0978.